The molecule has 0 spiro atoms. The molecule has 0 amide bonds. The molecule has 0 saturated heterocycles. The maximum absolute atomic E-state index is 13.3. The Kier molecular flexibility index (Phi) is 3.94. The number of aromatic nitrogens is 2. The minimum Gasteiger partial charge on any atom is -0.454 e. The number of ether oxygens (including phenoxy) is 1. The van der Waals surface area contributed by atoms with Crippen LogP contribution in [0.5, 0.6) is 11.5 Å². The summed E-state index contributed by atoms with van der Waals surface area (Å²) in [6.07, 6.45) is 4.40. The van der Waals surface area contributed by atoms with Gasteiger partial charge in [0.25, 0.3) is 0 Å². The third-order valence-corrected chi connectivity index (χ3v) is 2.46. The van der Waals surface area contributed by atoms with Gasteiger partial charge in [-0.05, 0) is 24.1 Å². The van der Waals surface area contributed by atoms with E-state index in [1.807, 2.05) is 0 Å². The standard InChI is InChI=1S/C13H16FN3O/c1-2-3-17-9-13(8-16-17)18-12-5-10(7-15)4-11(14)6-12/h4-6,8-9H,2-3,7,15H2,1H3. The van der Waals surface area contributed by atoms with Crippen molar-refractivity contribution in [2.45, 2.75) is 26.4 Å². The van der Waals surface area contributed by atoms with Crippen molar-refractivity contribution in [3.05, 3.63) is 42.0 Å². The first kappa shape index (κ1) is 12.6. The van der Waals surface area contributed by atoms with Gasteiger partial charge in [0, 0.05) is 19.2 Å². The number of hydrogen-bond donors (Lipinski definition) is 1. The lowest BCUT2D eigenvalue weighted by Gasteiger charge is -2.05. The molecule has 18 heavy (non-hydrogen) atoms. The highest BCUT2D eigenvalue weighted by molar-refractivity contribution is 5.33. The van der Waals surface area contributed by atoms with Crippen LogP contribution >= 0.6 is 0 Å². The van der Waals surface area contributed by atoms with E-state index in [0.717, 1.165) is 13.0 Å². The van der Waals surface area contributed by atoms with Crippen molar-refractivity contribution in [1.82, 2.24) is 9.78 Å². The molecule has 5 heteroatoms. The van der Waals surface area contributed by atoms with E-state index in [0.29, 0.717) is 17.1 Å². The fourth-order valence-electron chi connectivity index (χ4n) is 1.68. The summed E-state index contributed by atoms with van der Waals surface area (Å²) in [5, 5.41) is 4.14. The third-order valence-electron chi connectivity index (χ3n) is 2.46. The first-order valence-corrected chi connectivity index (χ1v) is 5.91. The lowest BCUT2D eigenvalue weighted by Crippen LogP contribution is -1.97. The second-order valence-corrected chi connectivity index (χ2v) is 4.04. The molecule has 2 rings (SSSR count). The van der Waals surface area contributed by atoms with Crippen molar-refractivity contribution >= 4 is 0 Å². The zero-order chi connectivity index (χ0) is 13.0. The van der Waals surface area contributed by atoms with Crippen LogP contribution in [-0.2, 0) is 13.1 Å². The van der Waals surface area contributed by atoms with Gasteiger partial charge in [-0.2, -0.15) is 5.10 Å². The van der Waals surface area contributed by atoms with E-state index in [9.17, 15) is 4.39 Å². The van der Waals surface area contributed by atoms with E-state index in [-0.39, 0.29) is 12.4 Å². The monoisotopic (exact) mass is 249 g/mol. The van der Waals surface area contributed by atoms with E-state index >= 15 is 0 Å². The highest BCUT2D eigenvalue weighted by atomic mass is 19.1. The first-order chi connectivity index (χ1) is 8.71. The number of halogens is 1. The maximum Gasteiger partial charge on any atom is 0.165 e. The van der Waals surface area contributed by atoms with Gasteiger partial charge >= 0.3 is 0 Å². The van der Waals surface area contributed by atoms with Crippen molar-refractivity contribution < 1.29 is 9.13 Å². The summed E-state index contributed by atoms with van der Waals surface area (Å²) < 4.78 is 20.6. The Balaban J connectivity index is 2.14. The summed E-state index contributed by atoms with van der Waals surface area (Å²) in [5.41, 5.74) is 6.19. The molecular weight excluding hydrogens is 233 g/mol. The number of hydrogen-bond acceptors (Lipinski definition) is 3. The summed E-state index contributed by atoms with van der Waals surface area (Å²) >= 11 is 0. The molecule has 0 saturated carbocycles. The van der Waals surface area contributed by atoms with Gasteiger partial charge in [0.05, 0.1) is 12.4 Å². The predicted octanol–water partition coefficient (Wildman–Crippen LogP) is 2.68. The lowest BCUT2D eigenvalue weighted by atomic mass is 10.2. The molecular formula is C13H16FN3O. The van der Waals surface area contributed by atoms with E-state index in [2.05, 4.69) is 12.0 Å². The zero-order valence-corrected chi connectivity index (χ0v) is 10.3. The molecule has 0 aliphatic heterocycles. The van der Waals surface area contributed by atoms with E-state index in [1.54, 1.807) is 23.1 Å². The Hall–Kier alpha value is -1.88. The van der Waals surface area contributed by atoms with Crippen LogP contribution in [0.4, 0.5) is 4.39 Å². The number of nitrogens with zero attached hydrogens (tertiary/aromatic N) is 2. The van der Waals surface area contributed by atoms with E-state index in [4.69, 9.17) is 10.5 Å². The molecule has 0 radical (unpaired) electrons. The van der Waals surface area contributed by atoms with Gasteiger partial charge in [-0.25, -0.2) is 4.39 Å². The summed E-state index contributed by atoms with van der Waals surface area (Å²) in [7, 11) is 0. The average Bonchev–Trinajstić information content (AvgIpc) is 2.76. The van der Waals surface area contributed by atoms with Crippen LogP contribution in [0.1, 0.15) is 18.9 Å². The molecule has 0 aliphatic carbocycles. The van der Waals surface area contributed by atoms with Crippen LogP contribution in [-0.4, -0.2) is 9.78 Å². The second kappa shape index (κ2) is 5.64. The van der Waals surface area contributed by atoms with Gasteiger partial charge in [-0.1, -0.05) is 6.92 Å². The summed E-state index contributed by atoms with van der Waals surface area (Å²) in [4.78, 5) is 0. The van der Waals surface area contributed by atoms with Gasteiger partial charge in [0.1, 0.15) is 11.6 Å². The molecule has 0 unspecified atom stereocenters. The SMILES string of the molecule is CCCn1cc(Oc2cc(F)cc(CN)c2)cn1. The Morgan fingerprint density at radius 2 is 2.17 bits per heavy atom. The van der Waals surface area contributed by atoms with Crippen LogP contribution < -0.4 is 10.5 Å². The molecule has 4 nitrogen and oxygen atoms in total. The molecule has 2 N–H and O–H groups in total. The molecule has 0 bridgehead atoms. The second-order valence-electron chi connectivity index (χ2n) is 4.04. The van der Waals surface area contributed by atoms with Crippen LogP contribution in [0.15, 0.2) is 30.6 Å². The number of rotatable bonds is 5. The van der Waals surface area contributed by atoms with Crippen LogP contribution in [0, 0.1) is 5.82 Å². The fraction of sp³-hybridized carbons (Fsp3) is 0.308. The maximum atomic E-state index is 13.3. The third kappa shape index (κ3) is 3.07. The summed E-state index contributed by atoms with van der Waals surface area (Å²) in [6.45, 7) is 3.19. The van der Waals surface area contributed by atoms with E-state index < -0.39 is 0 Å². The fourth-order valence-corrected chi connectivity index (χ4v) is 1.68. The first-order valence-electron chi connectivity index (χ1n) is 5.91. The molecule has 0 fully saturated rings. The number of nitrogens with two attached hydrogens (primary N) is 1. The van der Waals surface area contributed by atoms with Gasteiger partial charge in [-0.15, -0.1) is 0 Å². The minimum atomic E-state index is -0.353. The lowest BCUT2D eigenvalue weighted by molar-refractivity contribution is 0.474. The molecule has 2 aromatic rings. The van der Waals surface area contributed by atoms with Crippen molar-refractivity contribution in [2.24, 2.45) is 5.73 Å². The van der Waals surface area contributed by atoms with Gasteiger partial charge in [0.15, 0.2) is 5.75 Å². The van der Waals surface area contributed by atoms with Gasteiger partial charge in [-0.3, -0.25) is 4.68 Å². The predicted molar refractivity (Wildman–Crippen MR) is 66.9 cm³/mol. The number of aryl methyl sites for hydroxylation is 1. The van der Waals surface area contributed by atoms with Crippen LogP contribution in [0.3, 0.4) is 0 Å². The Morgan fingerprint density at radius 1 is 1.33 bits per heavy atom. The molecule has 96 valence electrons. The Labute approximate surface area is 105 Å². The van der Waals surface area contributed by atoms with E-state index in [1.165, 1.54) is 12.1 Å². The topological polar surface area (TPSA) is 53.1 Å². The summed E-state index contributed by atoms with van der Waals surface area (Å²) in [6, 6.07) is 4.45. The molecule has 0 aliphatic rings. The highest BCUT2D eigenvalue weighted by Crippen LogP contribution is 2.23. The van der Waals surface area contributed by atoms with Crippen LogP contribution in [0.2, 0.25) is 0 Å². The highest BCUT2D eigenvalue weighted by Gasteiger charge is 2.04. The normalized spacial score (nSPS) is 10.6. The largest absolute Gasteiger partial charge is 0.454 e. The van der Waals surface area contributed by atoms with Crippen molar-refractivity contribution in [3.63, 3.8) is 0 Å². The minimum absolute atomic E-state index is 0.281. The quantitative estimate of drug-likeness (QED) is 0.886. The number of benzene rings is 1. The Bertz CT molecular complexity index is 525. The van der Waals surface area contributed by atoms with Gasteiger partial charge < -0.3 is 10.5 Å². The molecule has 1 aromatic carbocycles. The van der Waals surface area contributed by atoms with Crippen LogP contribution in [0.25, 0.3) is 0 Å². The summed E-state index contributed by atoms with van der Waals surface area (Å²) in [5.74, 6) is 0.678. The van der Waals surface area contributed by atoms with Gasteiger partial charge in [0.2, 0.25) is 0 Å². The Morgan fingerprint density at radius 3 is 2.89 bits per heavy atom. The molecule has 0 atom stereocenters. The molecule has 1 heterocycles. The zero-order valence-electron chi connectivity index (χ0n) is 10.3. The van der Waals surface area contributed by atoms with Crippen molar-refractivity contribution in [2.75, 3.05) is 0 Å². The smallest absolute Gasteiger partial charge is 0.165 e. The average molecular weight is 249 g/mol. The molecule has 1 aromatic heterocycles. The van der Waals surface area contributed by atoms with Crippen molar-refractivity contribution in [3.8, 4) is 11.5 Å². The van der Waals surface area contributed by atoms with Crippen molar-refractivity contribution in [1.29, 1.82) is 0 Å².